The Balaban J connectivity index is 0.00000180. The Kier molecular flexibility index (Phi) is 7.21. The van der Waals surface area contributed by atoms with Gasteiger partial charge in [-0.25, -0.2) is 0 Å². The summed E-state index contributed by atoms with van der Waals surface area (Å²) in [6.45, 7) is 0. The van der Waals surface area contributed by atoms with Crippen molar-refractivity contribution < 1.29 is 27.7 Å². The largest absolute Gasteiger partial charge is 2.00 e. The predicted molar refractivity (Wildman–Crippen MR) is 76.8 cm³/mol. The number of benzene rings is 2. The summed E-state index contributed by atoms with van der Waals surface area (Å²) in [6.07, 6.45) is 0. The van der Waals surface area contributed by atoms with Crippen LogP contribution in [0, 0.1) is 0 Å². The molecular weight excluding hydrogens is 445 g/mol. The van der Waals surface area contributed by atoms with Crippen LogP contribution in [0.3, 0.4) is 0 Å². The Morgan fingerprint density at radius 3 is 2.11 bits per heavy atom. The van der Waals surface area contributed by atoms with Gasteiger partial charge in [0.25, 0.3) is 0 Å². The van der Waals surface area contributed by atoms with E-state index in [2.05, 4.69) is 21.1 Å². The molecule has 0 radical (unpaired) electrons. The van der Waals surface area contributed by atoms with Crippen LogP contribution in [0.1, 0.15) is 0 Å². The van der Waals surface area contributed by atoms with Crippen molar-refractivity contribution in [1.29, 1.82) is 0 Å². The van der Waals surface area contributed by atoms with E-state index in [0.29, 0.717) is 0 Å². The Labute approximate surface area is 137 Å². The van der Waals surface area contributed by atoms with Gasteiger partial charge >= 0.3 is 27.7 Å². The fourth-order valence-corrected chi connectivity index (χ4v) is 1.36. The van der Waals surface area contributed by atoms with Crippen LogP contribution in [-0.2, 0) is 27.7 Å². The van der Waals surface area contributed by atoms with Gasteiger partial charge in [0.05, 0.1) is 11.4 Å². The monoisotopic (exact) mass is 458 g/mol. The molecule has 0 saturated carbocycles. The number of hydrazine groups is 1. The molecule has 0 spiro atoms. The van der Waals surface area contributed by atoms with Gasteiger partial charge in [-0.3, -0.25) is 10.9 Å². The molecule has 2 aromatic carbocycles. The van der Waals surface area contributed by atoms with Gasteiger partial charge in [0.15, 0.2) is 0 Å². The van der Waals surface area contributed by atoms with Crippen molar-refractivity contribution in [2.75, 3.05) is 5.43 Å². The van der Waals surface area contributed by atoms with Gasteiger partial charge in [0.1, 0.15) is 0 Å². The molecule has 0 fully saturated rings. The third kappa shape index (κ3) is 5.89. The molecule has 0 aromatic heterocycles. The van der Waals surface area contributed by atoms with E-state index in [-0.39, 0.29) is 32.8 Å². The molecule has 0 aliphatic heterocycles. The molecule has 0 atom stereocenters. The number of anilines is 1. The summed E-state index contributed by atoms with van der Waals surface area (Å²) in [5.41, 5.74) is 7.40. The summed E-state index contributed by atoms with van der Waals surface area (Å²) in [6, 6.07) is 19.1. The molecule has 0 aliphatic carbocycles. The molecule has 2 rings (SSSR count). The third-order valence-electron chi connectivity index (χ3n) is 2.10. The Morgan fingerprint density at radius 1 is 0.895 bits per heavy atom. The zero-order valence-electron chi connectivity index (χ0n) is 10.3. The molecule has 0 saturated heterocycles. The van der Waals surface area contributed by atoms with E-state index >= 15 is 0 Å². The maximum Gasteiger partial charge on any atom is 2.00 e. The molecule has 0 aliphatic rings. The van der Waals surface area contributed by atoms with Gasteiger partial charge in [-0.05, 0) is 36.5 Å². The molecule has 2 N–H and O–H groups in total. The van der Waals surface area contributed by atoms with E-state index in [4.69, 9.17) is 12.2 Å². The summed E-state index contributed by atoms with van der Waals surface area (Å²) in [7, 11) is 0. The molecule has 19 heavy (non-hydrogen) atoms. The van der Waals surface area contributed by atoms with Gasteiger partial charge in [-0.15, -0.1) is 10.2 Å². The van der Waals surface area contributed by atoms with Crippen LogP contribution in [0.15, 0.2) is 70.9 Å². The SMILES string of the molecule is S=C(N=Nc1ccccc1)NNc1ccccc1.[Hg+2]. The molecule has 4 nitrogen and oxygen atoms in total. The van der Waals surface area contributed by atoms with Crippen LogP contribution < -0.4 is 10.9 Å². The van der Waals surface area contributed by atoms with Gasteiger partial charge in [-0.2, -0.15) is 0 Å². The summed E-state index contributed by atoms with van der Waals surface area (Å²) < 4.78 is 0. The average molecular weight is 457 g/mol. The molecule has 0 bridgehead atoms. The van der Waals surface area contributed by atoms with Gasteiger partial charge in [-0.1, -0.05) is 36.4 Å². The maximum absolute atomic E-state index is 5.02. The number of para-hydroxylation sites is 1. The number of nitrogens with one attached hydrogen (secondary N) is 2. The zero-order valence-corrected chi connectivity index (χ0v) is 16.6. The second-order valence-corrected chi connectivity index (χ2v) is 3.84. The van der Waals surface area contributed by atoms with Crippen LogP contribution in [0.2, 0.25) is 0 Å². The number of rotatable bonds is 3. The summed E-state index contributed by atoms with van der Waals surface area (Å²) in [4.78, 5) is 0. The van der Waals surface area contributed by atoms with Crippen molar-refractivity contribution in [2.24, 2.45) is 10.2 Å². The Bertz CT molecular complexity index is 531. The van der Waals surface area contributed by atoms with E-state index in [1.54, 1.807) is 0 Å². The van der Waals surface area contributed by atoms with Gasteiger partial charge in [0, 0.05) is 0 Å². The first-order valence-corrected chi connectivity index (χ1v) is 5.83. The van der Waals surface area contributed by atoms with Crippen LogP contribution >= 0.6 is 12.2 Å². The Morgan fingerprint density at radius 2 is 1.47 bits per heavy atom. The molecule has 90 valence electrons. The van der Waals surface area contributed by atoms with Crippen LogP contribution in [0.4, 0.5) is 11.4 Å². The smallest absolute Gasteiger partial charge is 0.299 e. The minimum atomic E-state index is 0. The molecule has 6 heteroatoms. The van der Waals surface area contributed by atoms with Crippen molar-refractivity contribution in [3.8, 4) is 0 Å². The van der Waals surface area contributed by atoms with E-state index in [1.807, 2.05) is 60.7 Å². The van der Waals surface area contributed by atoms with E-state index in [0.717, 1.165) is 11.4 Å². The quantitative estimate of drug-likeness (QED) is 0.321. The van der Waals surface area contributed by atoms with Crippen molar-refractivity contribution >= 4 is 28.7 Å². The van der Waals surface area contributed by atoms with Crippen molar-refractivity contribution in [2.45, 2.75) is 0 Å². The van der Waals surface area contributed by atoms with Crippen molar-refractivity contribution in [1.82, 2.24) is 5.43 Å². The number of azo groups is 1. The molecular formula is C13H12HgN4S+2. The summed E-state index contributed by atoms with van der Waals surface area (Å²) in [5.74, 6) is 0. The summed E-state index contributed by atoms with van der Waals surface area (Å²) in [5, 5.41) is 8.17. The second-order valence-electron chi connectivity index (χ2n) is 3.46. The van der Waals surface area contributed by atoms with Crippen LogP contribution in [-0.4, -0.2) is 5.11 Å². The maximum atomic E-state index is 5.02. The normalized spacial score (nSPS) is 9.68. The third-order valence-corrected chi connectivity index (χ3v) is 2.28. The van der Waals surface area contributed by atoms with E-state index < -0.39 is 0 Å². The van der Waals surface area contributed by atoms with Crippen molar-refractivity contribution in [3.05, 3.63) is 60.7 Å². The minimum Gasteiger partial charge on any atom is -0.299 e. The molecule has 0 heterocycles. The fourth-order valence-electron chi connectivity index (χ4n) is 1.27. The number of thiocarbonyl (C=S) groups is 1. The van der Waals surface area contributed by atoms with Gasteiger partial charge < -0.3 is 0 Å². The first-order valence-electron chi connectivity index (χ1n) is 5.42. The van der Waals surface area contributed by atoms with Crippen LogP contribution in [0.25, 0.3) is 0 Å². The van der Waals surface area contributed by atoms with E-state index in [9.17, 15) is 0 Å². The summed E-state index contributed by atoms with van der Waals surface area (Å²) >= 11 is 5.02. The first kappa shape index (κ1) is 15.7. The topological polar surface area (TPSA) is 48.8 Å². The van der Waals surface area contributed by atoms with E-state index in [1.165, 1.54) is 0 Å². The predicted octanol–water partition coefficient (Wildman–Crippen LogP) is 3.67. The number of hydrogen-bond donors (Lipinski definition) is 2. The molecule has 0 unspecified atom stereocenters. The molecule has 0 amide bonds. The standard InChI is InChI=1S/C13H12N4S.Hg/c18-13(16-14-11-7-3-1-4-8-11)17-15-12-9-5-2-6-10-12;/h1-10,14H,(H,16,18);/q;+2. The number of nitrogens with zero attached hydrogens (tertiary/aromatic N) is 2. The minimum absolute atomic E-state index is 0. The average Bonchev–Trinajstić information content (AvgIpc) is 2.45. The molecule has 2 aromatic rings. The van der Waals surface area contributed by atoms with Gasteiger partial charge in [0.2, 0.25) is 5.11 Å². The van der Waals surface area contributed by atoms with Crippen molar-refractivity contribution in [3.63, 3.8) is 0 Å². The van der Waals surface area contributed by atoms with Crippen LogP contribution in [0.5, 0.6) is 0 Å². The fraction of sp³-hybridized carbons (Fsp3) is 0. The second kappa shape index (κ2) is 8.71. The zero-order chi connectivity index (χ0) is 12.6. The first-order chi connectivity index (χ1) is 8.84. The number of hydrogen-bond acceptors (Lipinski definition) is 3. The Hall–Kier alpha value is -1.33.